The molecule has 4 saturated heterocycles. The second kappa shape index (κ2) is 14.5. The van der Waals surface area contributed by atoms with Crippen molar-refractivity contribution < 1.29 is 24.0 Å². The Labute approximate surface area is 361 Å². The molecule has 19 heteroatoms. The number of benzene rings is 2. The van der Waals surface area contributed by atoms with Crippen LogP contribution >= 0.6 is 0 Å². The highest BCUT2D eigenvalue weighted by Gasteiger charge is 2.52. The number of carbonyl (C=O) groups excluding carboxylic acids is 5. The number of likely N-dealkylation sites (tertiary alicyclic amines) is 1. The van der Waals surface area contributed by atoms with E-state index < -0.39 is 23.8 Å². The summed E-state index contributed by atoms with van der Waals surface area (Å²) < 4.78 is 1.65. The first kappa shape index (κ1) is 38.9. The largest absolute Gasteiger partial charge is 0.371 e. The van der Waals surface area contributed by atoms with Gasteiger partial charge in [-0.3, -0.25) is 39.3 Å². The van der Waals surface area contributed by atoms with Crippen molar-refractivity contribution in [2.75, 3.05) is 72.9 Å². The third-order valence-electron chi connectivity index (χ3n) is 14.0. The molecule has 2 unspecified atom stereocenters. The molecule has 2 aromatic carbocycles. The van der Waals surface area contributed by atoms with Gasteiger partial charge in [-0.25, -0.2) is 9.67 Å². The number of allylic oxidation sites excluding steroid dienone is 1. The first-order valence-electron chi connectivity index (χ1n) is 21.5. The predicted octanol–water partition coefficient (Wildman–Crippen LogP) is 2.97. The van der Waals surface area contributed by atoms with E-state index in [0.29, 0.717) is 34.3 Å². The molecule has 9 heterocycles. The maximum atomic E-state index is 13.7. The van der Waals surface area contributed by atoms with E-state index in [1.54, 1.807) is 16.8 Å². The van der Waals surface area contributed by atoms with Crippen LogP contribution in [-0.4, -0.2) is 134 Å². The molecule has 0 bridgehead atoms. The number of tetrazole rings is 1. The summed E-state index contributed by atoms with van der Waals surface area (Å²) in [5, 5.41) is 26.0. The summed E-state index contributed by atoms with van der Waals surface area (Å²) in [6.45, 7) is 10.6. The van der Waals surface area contributed by atoms with Gasteiger partial charge in [-0.05, 0) is 98.0 Å². The van der Waals surface area contributed by atoms with Crippen LogP contribution in [0.25, 0.3) is 22.2 Å². The molecule has 5 amide bonds. The smallest absolute Gasteiger partial charge is 0.262 e. The number of aromatic amines is 1. The number of imide groups is 2. The van der Waals surface area contributed by atoms with Gasteiger partial charge in [0.15, 0.2) is 0 Å². The number of carbonyl (C=O) groups is 5. The van der Waals surface area contributed by atoms with Gasteiger partial charge in [0.2, 0.25) is 17.8 Å². The van der Waals surface area contributed by atoms with Gasteiger partial charge < -0.3 is 24.9 Å². The second-order valence-electron chi connectivity index (χ2n) is 18.0. The van der Waals surface area contributed by atoms with Crippen molar-refractivity contribution in [1.29, 1.82) is 0 Å². The third kappa shape index (κ3) is 6.43. The third-order valence-corrected chi connectivity index (χ3v) is 14.0. The summed E-state index contributed by atoms with van der Waals surface area (Å²) in [6.07, 6.45) is 4.13. The van der Waals surface area contributed by atoms with Gasteiger partial charge in [-0.2, -0.15) is 5.10 Å². The van der Waals surface area contributed by atoms with Gasteiger partial charge in [0.25, 0.3) is 17.7 Å². The van der Waals surface area contributed by atoms with Crippen LogP contribution in [0.15, 0.2) is 66.0 Å². The van der Waals surface area contributed by atoms with E-state index in [1.807, 2.05) is 62.3 Å². The Morgan fingerprint density at radius 3 is 2.51 bits per heavy atom. The summed E-state index contributed by atoms with van der Waals surface area (Å²) in [4.78, 5) is 79.1. The van der Waals surface area contributed by atoms with E-state index >= 15 is 0 Å². The Morgan fingerprint density at radius 2 is 1.71 bits per heavy atom. The molecule has 4 fully saturated rings. The van der Waals surface area contributed by atoms with E-state index in [1.165, 1.54) is 0 Å². The fraction of sp³-hybridized carbons (Fsp3) is 0.409. The molecule has 2 atom stereocenters. The highest BCUT2D eigenvalue weighted by Crippen LogP contribution is 2.43. The van der Waals surface area contributed by atoms with Gasteiger partial charge >= 0.3 is 0 Å². The number of fused-ring (bicyclic) bond motifs is 3. The molecule has 0 saturated carbocycles. The lowest BCUT2D eigenvalue weighted by atomic mass is 9.72. The topological polar surface area (TPSA) is 211 Å². The lowest BCUT2D eigenvalue weighted by Gasteiger charge is -2.61. The highest BCUT2D eigenvalue weighted by molar-refractivity contribution is 6.23. The Morgan fingerprint density at radius 1 is 0.921 bits per heavy atom. The molecule has 3 N–H and O–H groups in total. The molecule has 3 aromatic heterocycles. The number of anilines is 4. The minimum Gasteiger partial charge on any atom is -0.371 e. The fourth-order valence-corrected chi connectivity index (χ4v) is 10.6. The Balaban J connectivity index is 0.679. The first-order chi connectivity index (χ1) is 30.4. The molecule has 5 aromatic rings. The van der Waals surface area contributed by atoms with E-state index in [0.717, 1.165) is 103 Å². The zero-order valence-corrected chi connectivity index (χ0v) is 35.2. The number of aromatic nitrogens is 7. The number of nitrogens with zero attached hydrogens (tertiary/aromatic N) is 11. The van der Waals surface area contributed by atoms with Crippen LogP contribution in [0.1, 0.15) is 66.3 Å². The van der Waals surface area contributed by atoms with Crippen molar-refractivity contribution in [1.82, 2.24) is 50.5 Å². The van der Waals surface area contributed by atoms with Gasteiger partial charge in [0.1, 0.15) is 17.6 Å². The van der Waals surface area contributed by atoms with Crippen LogP contribution in [0.2, 0.25) is 0 Å². The van der Waals surface area contributed by atoms with Crippen molar-refractivity contribution in [3.8, 4) is 11.3 Å². The average molecular weight is 851 g/mol. The zero-order valence-electron chi connectivity index (χ0n) is 35.2. The van der Waals surface area contributed by atoms with Crippen LogP contribution in [-0.2, 0) is 14.4 Å². The van der Waals surface area contributed by atoms with Crippen LogP contribution in [0.3, 0.4) is 0 Å². The van der Waals surface area contributed by atoms with Gasteiger partial charge in [-0.1, -0.05) is 5.10 Å². The predicted molar refractivity (Wildman–Crippen MR) is 231 cm³/mol. The van der Waals surface area contributed by atoms with E-state index in [2.05, 4.69) is 57.1 Å². The number of pyridine rings is 1. The highest BCUT2D eigenvalue weighted by atomic mass is 16.2. The number of nitrogens with one attached hydrogen (secondary N) is 3. The summed E-state index contributed by atoms with van der Waals surface area (Å²) >= 11 is 0. The van der Waals surface area contributed by atoms with Gasteiger partial charge in [0.05, 0.1) is 28.3 Å². The van der Waals surface area contributed by atoms with Crippen LogP contribution in [0, 0.1) is 11.3 Å². The minimum atomic E-state index is -0.971. The van der Waals surface area contributed by atoms with Crippen LogP contribution in [0.5, 0.6) is 0 Å². The molecule has 19 nitrogen and oxygen atoms in total. The Hall–Kier alpha value is -7.02. The molecule has 6 aliphatic heterocycles. The summed E-state index contributed by atoms with van der Waals surface area (Å²) in [5.74, 6) is -0.0880. The molecule has 11 rings (SSSR count). The van der Waals surface area contributed by atoms with E-state index in [9.17, 15) is 24.0 Å². The maximum absolute atomic E-state index is 13.7. The number of hydrogen-bond acceptors (Lipinski definition) is 14. The van der Waals surface area contributed by atoms with Gasteiger partial charge in [0, 0.05) is 98.9 Å². The molecular weight excluding hydrogens is 805 g/mol. The monoisotopic (exact) mass is 850 g/mol. The molecule has 63 heavy (non-hydrogen) atoms. The maximum Gasteiger partial charge on any atom is 0.262 e. The van der Waals surface area contributed by atoms with Gasteiger partial charge in [-0.15, -0.1) is 0 Å². The molecule has 0 radical (unpaired) electrons. The molecule has 0 aliphatic carbocycles. The van der Waals surface area contributed by atoms with Crippen LogP contribution in [0.4, 0.5) is 23.1 Å². The Kier molecular flexibility index (Phi) is 8.97. The molecule has 1 spiro atoms. The molecule has 6 aliphatic rings. The lowest BCUT2D eigenvalue weighted by Crippen LogP contribution is -2.72. The number of rotatable bonds is 8. The number of piperidine rings is 2. The SMILES string of the molecule is CC1=C(C(=O)Nc2ccc3[nH]nc(-c4ccnc(N5CC6(CN(CC7CCN(c8ccc9c(c8)C(=O)N(C8CCC(=O)NC8=O)C9=O)CC7)C6)C5)c4)c3c2)C(C)n2nnnc2N1C. The zero-order chi connectivity index (χ0) is 43.3. The Bertz CT molecular complexity index is 2790. The normalized spacial score (nSPS) is 22.4. The first-order valence-corrected chi connectivity index (χ1v) is 21.5. The molecule has 322 valence electrons. The number of H-pyrrole nitrogens is 1. The fourth-order valence-electron chi connectivity index (χ4n) is 10.6. The van der Waals surface area contributed by atoms with E-state index in [4.69, 9.17) is 4.98 Å². The van der Waals surface area contributed by atoms with Crippen molar-refractivity contribution >= 4 is 63.6 Å². The quantitative estimate of drug-likeness (QED) is 0.192. The van der Waals surface area contributed by atoms with E-state index in [-0.39, 0.29) is 36.1 Å². The van der Waals surface area contributed by atoms with Crippen molar-refractivity contribution in [2.45, 2.75) is 51.6 Å². The average Bonchev–Trinajstić information content (AvgIpc) is 3.98. The van der Waals surface area contributed by atoms with Crippen molar-refractivity contribution in [3.05, 3.63) is 77.1 Å². The molecular formula is C44H46N14O5. The summed E-state index contributed by atoms with van der Waals surface area (Å²) in [6, 6.07) is 13.9. The number of amides is 5. The second-order valence-corrected chi connectivity index (χ2v) is 18.0. The lowest BCUT2D eigenvalue weighted by molar-refractivity contribution is -0.136. The van der Waals surface area contributed by atoms with Crippen molar-refractivity contribution in [2.24, 2.45) is 11.3 Å². The summed E-state index contributed by atoms with van der Waals surface area (Å²) in [7, 11) is 1.85. The van der Waals surface area contributed by atoms with Crippen molar-refractivity contribution in [3.63, 3.8) is 0 Å². The summed E-state index contributed by atoms with van der Waals surface area (Å²) in [5.41, 5.74) is 6.41. The standard InChI is InChI=1S/C44H46N14O5/c1-24-37(25(2)58-43(53(24)3)50-51-52-58)40(61)46-28-4-7-33-32(17-28)38(49-48-33)27-10-13-45-35(16-27)56-22-44(23-56)20-54(21-44)19-26-11-14-55(15-12-26)29-5-6-30-31(18-29)42(63)57(41(30)62)34-8-9-36(59)47-39(34)60/h4-7,10,13,16-18,25-26,34H,8-9,11-12,14-15,19-23H2,1-3H3,(H,46,61)(H,48,49)(H,47,59,60). The number of hydrogen-bond donors (Lipinski definition) is 3. The van der Waals surface area contributed by atoms with Crippen LogP contribution < -0.4 is 25.3 Å². The minimum absolute atomic E-state index is 0.0933.